The monoisotopic (exact) mass is 460 g/mol. The summed E-state index contributed by atoms with van der Waals surface area (Å²) in [5, 5.41) is 9.62. The molecule has 3 aromatic rings. The fraction of sp³-hybridized carbons (Fsp3) is 0.400. The molecule has 1 aliphatic heterocycles. The Morgan fingerprint density at radius 3 is 1.59 bits per heavy atom. The molecule has 0 spiro atoms. The zero-order chi connectivity index (χ0) is 24.6. The van der Waals surface area contributed by atoms with Gasteiger partial charge in [0.25, 0.3) is 0 Å². The molecule has 34 heavy (non-hydrogen) atoms. The minimum atomic E-state index is -0.531. The number of hydrogen-bond acceptors (Lipinski definition) is 4. The van der Waals surface area contributed by atoms with Gasteiger partial charge in [-0.2, -0.15) is 0 Å². The molecule has 3 aromatic carbocycles. The van der Waals surface area contributed by atoms with E-state index >= 15 is 0 Å². The minimum absolute atomic E-state index is 0.0459. The van der Waals surface area contributed by atoms with Crippen LogP contribution in [0, 0.1) is 0 Å². The van der Waals surface area contributed by atoms with Crippen molar-refractivity contribution in [2.24, 2.45) is 0 Å². The third kappa shape index (κ3) is 5.13. The van der Waals surface area contributed by atoms with Gasteiger partial charge in [0, 0.05) is 10.8 Å². The lowest BCUT2D eigenvalue weighted by molar-refractivity contribution is -0.141. The Hall–Kier alpha value is -2.82. The molecule has 1 atom stereocenters. The Bertz CT molecular complexity index is 1090. The van der Waals surface area contributed by atoms with Crippen molar-refractivity contribution in [3.63, 3.8) is 0 Å². The standard InChI is InChI=1S/C30H36O4/c1-28(2,23-11-15-25(31)16-12-23)21-7-9-22(10-8-21)29(3,4)24-13-17-26(18-14-24)32-19-27-20-33-30(5,6)34-27/h7-18,27,31H,19-20H2,1-6H3. The summed E-state index contributed by atoms with van der Waals surface area (Å²) < 4.78 is 17.4. The highest BCUT2D eigenvalue weighted by molar-refractivity contribution is 5.44. The van der Waals surface area contributed by atoms with Crippen molar-refractivity contribution >= 4 is 0 Å². The second-order valence-corrected chi connectivity index (χ2v) is 10.7. The molecule has 1 saturated heterocycles. The second kappa shape index (κ2) is 9.09. The average Bonchev–Trinajstić information content (AvgIpc) is 3.17. The normalized spacial score (nSPS) is 18.1. The number of hydrogen-bond donors (Lipinski definition) is 1. The van der Waals surface area contributed by atoms with E-state index in [2.05, 4.69) is 64.1 Å². The summed E-state index contributed by atoms with van der Waals surface area (Å²) in [4.78, 5) is 0. The van der Waals surface area contributed by atoms with E-state index in [1.807, 2.05) is 38.1 Å². The van der Waals surface area contributed by atoms with E-state index in [0.29, 0.717) is 13.2 Å². The van der Waals surface area contributed by atoms with Gasteiger partial charge < -0.3 is 19.3 Å². The maximum Gasteiger partial charge on any atom is 0.163 e. The first-order valence-electron chi connectivity index (χ1n) is 11.9. The lowest BCUT2D eigenvalue weighted by Crippen LogP contribution is -2.25. The van der Waals surface area contributed by atoms with Gasteiger partial charge >= 0.3 is 0 Å². The minimum Gasteiger partial charge on any atom is -0.508 e. The number of phenolic OH excluding ortho intramolecular Hbond substituents is 1. The van der Waals surface area contributed by atoms with Crippen LogP contribution >= 0.6 is 0 Å². The van der Waals surface area contributed by atoms with Gasteiger partial charge in [0.05, 0.1) is 6.61 Å². The van der Waals surface area contributed by atoms with E-state index in [9.17, 15) is 5.11 Å². The molecular formula is C30H36O4. The molecule has 0 aliphatic carbocycles. The Labute approximate surface area is 203 Å². The highest BCUT2D eigenvalue weighted by Crippen LogP contribution is 2.36. The molecule has 1 fully saturated rings. The summed E-state index contributed by atoms with van der Waals surface area (Å²) in [5.74, 6) is 0.591. The zero-order valence-corrected chi connectivity index (χ0v) is 21.1. The summed E-state index contributed by atoms with van der Waals surface area (Å²) in [6.07, 6.45) is -0.0459. The first kappa shape index (κ1) is 24.3. The van der Waals surface area contributed by atoms with Crippen LogP contribution in [0.1, 0.15) is 63.8 Å². The Morgan fingerprint density at radius 1 is 0.765 bits per heavy atom. The molecule has 0 radical (unpaired) electrons. The fourth-order valence-corrected chi connectivity index (χ4v) is 4.52. The molecular weight excluding hydrogens is 424 g/mol. The largest absolute Gasteiger partial charge is 0.508 e. The van der Waals surface area contributed by atoms with Crippen LogP contribution in [0.5, 0.6) is 11.5 Å². The summed E-state index contributed by atoms with van der Waals surface area (Å²) in [6.45, 7) is 13.8. The predicted octanol–water partition coefficient (Wildman–Crippen LogP) is 6.57. The SMILES string of the molecule is CC1(C)OCC(COc2ccc(C(C)(C)c3ccc(C(C)(C)c4ccc(O)cc4)cc3)cc2)O1. The Balaban J connectivity index is 1.44. The predicted molar refractivity (Wildman–Crippen MR) is 136 cm³/mol. The number of ether oxygens (including phenoxy) is 3. The molecule has 1 N–H and O–H groups in total. The molecule has 1 unspecified atom stereocenters. The summed E-state index contributed by atoms with van der Waals surface area (Å²) in [6, 6.07) is 24.7. The zero-order valence-electron chi connectivity index (χ0n) is 21.1. The number of phenols is 1. The van der Waals surface area contributed by atoms with Crippen LogP contribution in [0.25, 0.3) is 0 Å². The first-order valence-corrected chi connectivity index (χ1v) is 11.9. The van der Waals surface area contributed by atoms with E-state index < -0.39 is 5.79 Å². The second-order valence-electron chi connectivity index (χ2n) is 10.7. The van der Waals surface area contributed by atoms with Gasteiger partial charge in [-0.15, -0.1) is 0 Å². The van der Waals surface area contributed by atoms with Crippen LogP contribution in [0.3, 0.4) is 0 Å². The fourth-order valence-electron chi connectivity index (χ4n) is 4.52. The van der Waals surface area contributed by atoms with E-state index in [1.165, 1.54) is 22.3 Å². The molecule has 0 aromatic heterocycles. The molecule has 4 rings (SSSR count). The number of rotatable bonds is 7. The van der Waals surface area contributed by atoms with Crippen molar-refractivity contribution in [3.8, 4) is 11.5 Å². The van der Waals surface area contributed by atoms with Crippen molar-refractivity contribution in [2.45, 2.75) is 64.3 Å². The topological polar surface area (TPSA) is 47.9 Å². The molecule has 4 heteroatoms. The van der Waals surface area contributed by atoms with Gasteiger partial charge in [0.2, 0.25) is 0 Å². The molecule has 0 saturated carbocycles. The van der Waals surface area contributed by atoms with Crippen molar-refractivity contribution in [1.82, 2.24) is 0 Å². The van der Waals surface area contributed by atoms with Crippen molar-refractivity contribution in [1.29, 1.82) is 0 Å². The van der Waals surface area contributed by atoms with Crippen LogP contribution in [0.4, 0.5) is 0 Å². The third-order valence-corrected chi connectivity index (χ3v) is 7.00. The van der Waals surface area contributed by atoms with Gasteiger partial charge in [0.1, 0.15) is 24.2 Å². The quantitative estimate of drug-likeness (QED) is 0.433. The van der Waals surface area contributed by atoms with Crippen LogP contribution in [-0.4, -0.2) is 30.2 Å². The summed E-state index contributed by atoms with van der Waals surface area (Å²) >= 11 is 0. The van der Waals surface area contributed by atoms with E-state index in [4.69, 9.17) is 14.2 Å². The molecule has 0 bridgehead atoms. The molecule has 1 heterocycles. The smallest absolute Gasteiger partial charge is 0.163 e. The first-order chi connectivity index (χ1) is 16.0. The van der Waals surface area contributed by atoms with Crippen LogP contribution in [0.15, 0.2) is 72.8 Å². The van der Waals surface area contributed by atoms with Crippen molar-refractivity contribution in [2.75, 3.05) is 13.2 Å². The Morgan fingerprint density at radius 2 is 1.18 bits per heavy atom. The van der Waals surface area contributed by atoms with Crippen LogP contribution in [0.2, 0.25) is 0 Å². The third-order valence-electron chi connectivity index (χ3n) is 7.00. The lowest BCUT2D eigenvalue weighted by atomic mass is 9.74. The average molecular weight is 461 g/mol. The summed E-state index contributed by atoms with van der Waals surface area (Å²) in [5.41, 5.74) is 4.59. The van der Waals surface area contributed by atoms with Gasteiger partial charge in [0.15, 0.2) is 5.79 Å². The van der Waals surface area contributed by atoms with E-state index in [1.54, 1.807) is 12.1 Å². The maximum absolute atomic E-state index is 9.62. The van der Waals surface area contributed by atoms with Crippen molar-refractivity contribution < 1.29 is 19.3 Å². The molecule has 4 nitrogen and oxygen atoms in total. The van der Waals surface area contributed by atoms with Crippen molar-refractivity contribution in [3.05, 3.63) is 95.1 Å². The van der Waals surface area contributed by atoms with Crippen LogP contribution < -0.4 is 4.74 Å². The maximum atomic E-state index is 9.62. The number of benzene rings is 3. The Kier molecular flexibility index (Phi) is 6.50. The molecule has 1 aliphatic rings. The number of aromatic hydroxyl groups is 1. The molecule has 0 amide bonds. The van der Waals surface area contributed by atoms with E-state index in [-0.39, 0.29) is 22.7 Å². The van der Waals surface area contributed by atoms with Gasteiger partial charge in [-0.05, 0) is 60.4 Å². The van der Waals surface area contributed by atoms with Crippen LogP contribution in [-0.2, 0) is 20.3 Å². The van der Waals surface area contributed by atoms with Gasteiger partial charge in [-0.1, -0.05) is 76.2 Å². The van der Waals surface area contributed by atoms with E-state index in [0.717, 1.165) is 5.75 Å². The molecule has 180 valence electrons. The van der Waals surface area contributed by atoms with Gasteiger partial charge in [-0.25, -0.2) is 0 Å². The highest BCUT2D eigenvalue weighted by Gasteiger charge is 2.33. The highest BCUT2D eigenvalue weighted by atomic mass is 16.7. The van der Waals surface area contributed by atoms with Gasteiger partial charge in [-0.3, -0.25) is 0 Å². The summed E-state index contributed by atoms with van der Waals surface area (Å²) in [7, 11) is 0. The lowest BCUT2D eigenvalue weighted by Gasteiger charge is -2.29.